The molecule has 0 heterocycles. The molecule has 110 valence electrons. The Kier molecular flexibility index (Phi) is 8.87. The van der Waals surface area contributed by atoms with Crippen LogP contribution in [0.15, 0.2) is 12.7 Å². The van der Waals surface area contributed by atoms with Gasteiger partial charge in [0.15, 0.2) is 0 Å². The monoisotopic (exact) mass is 271 g/mol. The van der Waals surface area contributed by atoms with Crippen LogP contribution in [0.25, 0.3) is 0 Å². The van der Waals surface area contributed by atoms with E-state index in [1.165, 1.54) is 0 Å². The van der Waals surface area contributed by atoms with Crippen LogP contribution in [0.1, 0.15) is 40.0 Å². The fourth-order valence-electron chi connectivity index (χ4n) is 1.23. The molecule has 1 amide bonds. The fourth-order valence-corrected chi connectivity index (χ4v) is 1.23. The molecule has 0 saturated heterocycles. The third kappa shape index (κ3) is 12.9. The summed E-state index contributed by atoms with van der Waals surface area (Å²) in [6.45, 7) is 10.5. The highest BCUT2D eigenvalue weighted by Gasteiger charge is 2.16. The molecule has 0 aromatic heterocycles. The minimum Gasteiger partial charge on any atom is -0.460 e. The number of rotatable bonds is 9. The van der Waals surface area contributed by atoms with Crippen LogP contribution in [-0.4, -0.2) is 37.2 Å². The Bertz CT molecular complexity index is 294. The Hall–Kier alpha value is -1.36. The van der Waals surface area contributed by atoms with E-state index in [0.29, 0.717) is 19.8 Å². The van der Waals surface area contributed by atoms with Crippen molar-refractivity contribution in [3.63, 3.8) is 0 Å². The number of esters is 1. The molecule has 0 bridgehead atoms. The van der Waals surface area contributed by atoms with E-state index in [4.69, 9.17) is 9.47 Å². The van der Waals surface area contributed by atoms with E-state index in [1.807, 2.05) is 0 Å². The zero-order chi connectivity index (χ0) is 14.7. The lowest BCUT2D eigenvalue weighted by Gasteiger charge is -2.19. The maximum atomic E-state index is 11.4. The second-order valence-electron chi connectivity index (χ2n) is 5.13. The Morgan fingerprint density at radius 2 is 1.89 bits per heavy atom. The second-order valence-corrected chi connectivity index (χ2v) is 5.13. The second kappa shape index (κ2) is 9.55. The third-order valence-corrected chi connectivity index (χ3v) is 2.01. The molecule has 1 N–H and O–H groups in total. The zero-order valence-corrected chi connectivity index (χ0v) is 12.2. The molecule has 0 rings (SSSR count). The Balaban J connectivity index is 3.54. The van der Waals surface area contributed by atoms with Gasteiger partial charge in [0.1, 0.15) is 5.60 Å². The molecule has 5 nitrogen and oxygen atoms in total. The first-order chi connectivity index (χ1) is 8.85. The van der Waals surface area contributed by atoms with Gasteiger partial charge in [-0.1, -0.05) is 6.08 Å². The number of carbonyl (C=O) groups is 2. The van der Waals surface area contributed by atoms with E-state index < -0.39 is 5.60 Å². The molecule has 5 heteroatoms. The number of carbonyl (C=O) groups excluding carboxylic acids is 2. The van der Waals surface area contributed by atoms with Crippen LogP contribution in [0.2, 0.25) is 0 Å². The predicted octanol–water partition coefficient (Wildman–Crippen LogP) is 1.82. The first-order valence-electron chi connectivity index (χ1n) is 6.52. The lowest BCUT2D eigenvalue weighted by molar-refractivity contribution is -0.155. The highest BCUT2D eigenvalue weighted by Crippen LogP contribution is 2.08. The molecule has 0 saturated carbocycles. The van der Waals surface area contributed by atoms with Crippen molar-refractivity contribution in [1.29, 1.82) is 0 Å². The molecule has 0 fully saturated rings. The highest BCUT2D eigenvalue weighted by atomic mass is 16.6. The molecule has 0 unspecified atom stereocenters. The number of nitrogens with one attached hydrogen (secondary N) is 1. The van der Waals surface area contributed by atoms with Crippen LogP contribution in [0.3, 0.4) is 0 Å². The molecular weight excluding hydrogens is 246 g/mol. The summed E-state index contributed by atoms with van der Waals surface area (Å²) in [5, 5.41) is 2.68. The Morgan fingerprint density at radius 3 is 2.47 bits per heavy atom. The van der Waals surface area contributed by atoms with Crippen molar-refractivity contribution in [1.82, 2.24) is 5.32 Å². The standard InChI is InChI=1S/C14H25NO4/c1-5-6-10-18-11-9-15-12(16)7-8-13(17)19-14(2,3)4/h5H,1,6-11H2,2-4H3,(H,15,16). The van der Waals surface area contributed by atoms with Gasteiger partial charge in [-0.15, -0.1) is 6.58 Å². The maximum absolute atomic E-state index is 11.4. The van der Waals surface area contributed by atoms with Crippen LogP contribution < -0.4 is 5.32 Å². The number of amides is 1. The molecule has 0 aliphatic rings. The van der Waals surface area contributed by atoms with Crippen LogP contribution in [0.4, 0.5) is 0 Å². The van der Waals surface area contributed by atoms with Crippen LogP contribution >= 0.6 is 0 Å². The Morgan fingerprint density at radius 1 is 1.21 bits per heavy atom. The van der Waals surface area contributed by atoms with E-state index in [2.05, 4.69) is 11.9 Å². The SMILES string of the molecule is C=CCCOCCNC(=O)CCC(=O)OC(C)(C)C. The summed E-state index contributed by atoms with van der Waals surface area (Å²) in [5.41, 5.74) is -0.507. The minimum absolute atomic E-state index is 0.0976. The van der Waals surface area contributed by atoms with Gasteiger partial charge in [0.2, 0.25) is 5.91 Å². The van der Waals surface area contributed by atoms with E-state index in [9.17, 15) is 9.59 Å². The highest BCUT2D eigenvalue weighted by molar-refractivity contribution is 5.81. The lowest BCUT2D eigenvalue weighted by atomic mass is 10.2. The molecule has 0 aliphatic carbocycles. The van der Waals surface area contributed by atoms with Crippen molar-refractivity contribution in [2.24, 2.45) is 0 Å². The van der Waals surface area contributed by atoms with E-state index in [1.54, 1.807) is 26.8 Å². The van der Waals surface area contributed by atoms with Crippen molar-refractivity contribution < 1.29 is 19.1 Å². The van der Waals surface area contributed by atoms with Crippen molar-refractivity contribution in [3.8, 4) is 0 Å². The first-order valence-corrected chi connectivity index (χ1v) is 6.52. The van der Waals surface area contributed by atoms with Gasteiger partial charge in [0, 0.05) is 13.0 Å². The number of hydrogen-bond acceptors (Lipinski definition) is 4. The predicted molar refractivity (Wildman–Crippen MR) is 73.7 cm³/mol. The molecule has 19 heavy (non-hydrogen) atoms. The zero-order valence-electron chi connectivity index (χ0n) is 12.2. The molecular formula is C14H25NO4. The summed E-state index contributed by atoms with van der Waals surface area (Å²) in [6, 6.07) is 0. The third-order valence-electron chi connectivity index (χ3n) is 2.01. The van der Waals surface area contributed by atoms with Gasteiger partial charge in [-0.3, -0.25) is 9.59 Å². The average Bonchev–Trinajstić information content (AvgIpc) is 2.29. The molecule has 0 aliphatic heterocycles. The van der Waals surface area contributed by atoms with Crippen molar-refractivity contribution in [3.05, 3.63) is 12.7 Å². The maximum Gasteiger partial charge on any atom is 0.306 e. The van der Waals surface area contributed by atoms with Gasteiger partial charge in [-0.05, 0) is 27.2 Å². The van der Waals surface area contributed by atoms with Crippen LogP contribution in [-0.2, 0) is 19.1 Å². The summed E-state index contributed by atoms with van der Waals surface area (Å²) >= 11 is 0. The number of ether oxygens (including phenoxy) is 2. The lowest BCUT2D eigenvalue weighted by Crippen LogP contribution is -2.29. The van der Waals surface area contributed by atoms with Crippen LogP contribution in [0.5, 0.6) is 0 Å². The van der Waals surface area contributed by atoms with Gasteiger partial charge >= 0.3 is 5.97 Å². The van der Waals surface area contributed by atoms with Crippen molar-refractivity contribution in [2.75, 3.05) is 19.8 Å². The smallest absolute Gasteiger partial charge is 0.306 e. The Labute approximate surface area is 115 Å². The van der Waals surface area contributed by atoms with Gasteiger partial charge in [-0.25, -0.2) is 0 Å². The van der Waals surface area contributed by atoms with Crippen molar-refractivity contribution in [2.45, 2.75) is 45.6 Å². The average molecular weight is 271 g/mol. The topological polar surface area (TPSA) is 64.6 Å². The van der Waals surface area contributed by atoms with E-state index in [0.717, 1.165) is 6.42 Å². The molecule has 0 aromatic rings. The quantitative estimate of drug-likeness (QED) is 0.395. The van der Waals surface area contributed by atoms with Gasteiger partial charge in [0.05, 0.1) is 19.6 Å². The normalized spacial score (nSPS) is 10.9. The molecule has 0 radical (unpaired) electrons. The summed E-state index contributed by atoms with van der Waals surface area (Å²) in [4.78, 5) is 22.8. The van der Waals surface area contributed by atoms with E-state index >= 15 is 0 Å². The van der Waals surface area contributed by atoms with Crippen LogP contribution in [0, 0.1) is 0 Å². The van der Waals surface area contributed by atoms with Gasteiger partial charge < -0.3 is 14.8 Å². The van der Waals surface area contributed by atoms with Gasteiger partial charge in [-0.2, -0.15) is 0 Å². The summed E-state index contributed by atoms with van der Waals surface area (Å²) in [6.07, 6.45) is 2.81. The minimum atomic E-state index is -0.507. The van der Waals surface area contributed by atoms with Crippen molar-refractivity contribution >= 4 is 11.9 Å². The van der Waals surface area contributed by atoms with Gasteiger partial charge in [0.25, 0.3) is 0 Å². The summed E-state index contributed by atoms with van der Waals surface area (Å²) in [5.74, 6) is -0.525. The molecule has 0 atom stereocenters. The summed E-state index contributed by atoms with van der Waals surface area (Å²) < 4.78 is 10.3. The number of hydrogen-bond donors (Lipinski definition) is 1. The largest absolute Gasteiger partial charge is 0.460 e. The molecule has 0 aromatic carbocycles. The fraction of sp³-hybridized carbons (Fsp3) is 0.714. The molecule has 0 spiro atoms. The first kappa shape index (κ1) is 17.6. The van der Waals surface area contributed by atoms with E-state index in [-0.39, 0.29) is 24.7 Å². The summed E-state index contributed by atoms with van der Waals surface area (Å²) in [7, 11) is 0.